The van der Waals surface area contributed by atoms with Gasteiger partial charge in [0.05, 0.1) is 18.3 Å². The number of hydrogen-bond acceptors (Lipinski definition) is 4. The molecule has 22 heavy (non-hydrogen) atoms. The third-order valence-electron chi connectivity index (χ3n) is 3.33. The van der Waals surface area contributed by atoms with Crippen LogP contribution in [0.25, 0.3) is 10.9 Å². The van der Waals surface area contributed by atoms with Gasteiger partial charge < -0.3 is 14.8 Å². The SMILES string of the molecule is COc1ccc2c(O)c(C=Nc3ccccc3)c(=O)[nH]c2c1. The number of rotatable bonds is 3. The lowest BCUT2D eigenvalue weighted by Crippen LogP contribution is -2.12. The third kappa shape index (κ3) is 2.56. The fourth-order valence-corrected chi connectivity index (χ4v) is 2.18. The van der Waals surface area contributed by atoms with Crippen molar-refractivity contribution in [2.45, 2.75) is 0 Å². The Morgan fingerprint density at radius 3 is 2.68 bits per heavy atom. The fraction of sp³-hybridized carbons (Fsp3) is 0.0588. The highest BCUT2D eigenvalue weighted by Gasteiger charge is 2.10. The van der Waals surface area contributed by atoms with Gasteiger partial charge in [0.1, 0.15) is 17.1 Å². The van der Waals surface area contributed by atoms with Gasteiger partial charge in [-0.1, -0.05) is 18.2 Å². The molecule has 0 aliphatic heterocycles. The lowest BCUT2D eigenvalue weighted by atomic mass is 10.1. The van der Waals surface area contributed by atoms with Gasteiger partial charge in [-0.15, -0.1) is 0 Å². The van der Waals surface area contributed by atoms with E-state index in [9.17, 15) is 9.90 Å². The Balaban J connectivity index is 2.11. The van der Waals surface area contributed by atoms with E-state index in [4.69, 9.17) is 4.74 Å². The smallest absolute Gasteiger partial charge is 0.261 e. The molecule has 0 aliphatic carbocycles. The van der Waals surface area contributed by atoms with Crippen LogP contribution in [-0.4, -0.2) is 23.4 Å². The van der Waals surface area contributed by atoms with Crippen LogP contribution in [0.2, 0.25) is 0 Å². The van der Waals surface area contributed by atoms with Crippen molar-refractivity contribution in [3.8, 4) is 11.5 Å². The van der Waals surface area contributed by atoms with E-state index in [2.05, 4.69) is 9.98 Å². The van der Waals surface area contributed by atoms with E-state index in [0.29, 0.717) is 22.3 Å². The van der Waals surface area contributed by atoms with Crippen LogP contribution >= 0.6 is 0 Å². The normalized spacial score (nSPS) is 11.1. The van der Waals surface area contributed by atoms with Gasteiger partial charge in [0.25, 0.3) is 5.56 Å². The molecule has 0 fully saturated rings. The van der Waals surface area contributed by atoms with Crippen LogP contribution in [0, 0.1) is 0 Å². The Morgan fingerprint density at radius 1 is 1.18 bits per heavy atom. The van der Waals surface area contributed by atoms with Gasteiger partial charge in [-0.3, -0.25) is 9.79 Å². The zero-order chi connectivity index (χ0) is 15.5. The molecular formula is C17H14N2O3. The molecule has 0 atom stereocenters. The molecule has 1 aromatic heterocycles. The summed E-state index contributed by atoms with van der Waals surface area (Å²) in [5, 5.41) is 10.9. The fourth-order valence-electron chi connectivity index (χ4n) is 2.18. The van der Waals surface area contributed by atoms with Crippen molar-refractivity contribution in [3.63, 3.8) is 0 Å². The molecule has 2 N–H and O–H groups in total. The summed E-state index contributed by atoms with van der Waals surface area (Å²) < 4.78 is 5.11. The monoisotopic (exact) mass is 294 g/mol. The lowest BCUT2D eigenvalue weighted by molar-refractivity contribution is 0.415. The molecule has 0 radical (unpaired) electrons. The van der Waals surface area contributed by atoms with Gasteiger partial charge in [-0.25, -0.2) is 0 Å². The molecule has 0 amide bonds. The zero-order valence-electron chi connectivity index (χ0n) is 11.9. The van der Waals surface area contributed by atoms with Gasteiger partial charge in [0, 0.05) is 17.7 Å². The Morgan fingerprint density at radius 2 is 1.95 bits per heavy atom. The number of methoxy groups -OCH3 is 1. The van der Waals surface area contributed by atoms with Crippen molar-refractivity contribution in [1.82, 2.24) is 4.98 Å². The highest BCUT2D eigenvalue weighted by Crippen LogP contribution is 2.27. The predicted molar refractivity (Wildman–Crippen MR) is 86.5 cm³/mol. The number of ether oxygens (including phenoxy) is 1. The Bertz CT molecular complexity index is 899. The quantitative estimate of drug-likeness (QED) is 0.729. The van der Waals surface area contributed by atoms with Crippen LogP contribution in [-0.2, 0) is 0 Å². The summed E-state index contributed by atoms with van der Waals surface area (Å²) in [4.78, 5) is 19.1. The third-order valence-corrected chi connectivity index (χ3v) is 3.33. The summed E-state index contributed by atoms with van der Waals surface area (Å²) in [7, 11) is 1.54. The van der Waals surface area contributed by atoms with E-state index >= 15 is 0 Å². The molecule has 5 heteroatoms. The number of H-pyrrole nitrogens is 1. The van der Waals surface area contributed by atoms with E-state index in [-0.39, 0.29) is 11.3 Å². The summed E-state index contributed by atoms with van der Waals surface area (Å²) in [6.07, 6.45) is 1.37. The summed E-state index contributed by atoms with van der Waals surface area (Å²) in [6, 6.07) is 14.3. The first-order chi connectivity index (χ1) is 10.7. The molecule has 5 nitrogen and oxygen atoms in total. The number of aromatic nitrogens is 1. The van der Waals surface area contributed by atoms with E-state index in [1.165, 1.54) is 6.21 Å². The molecule has 1 heterocycles. The Hall–Kier alpha value is -3.08. The van der Waals surface area contributed by atoms with Crippen LogP contribution in [0.15, 0.2) is 58.3 Å². The van der Waals surface area contributed by atoms with Crippen molar-refractivity contribution in [2.75, 3.05) is 7.11 Å². The van der Waals surface area contributed by atoms with Crippen LogP contribution in [0.3, 0.4) is 0 Å². The molecule has 2 aromatic carbocycles. The number of aromatic hydroxyl groups is 1. The largest absolute Gasteiger partial charge is 0.506 e. The van der Waals surface area contributed by atoms with Gasteiger partial charge in [-0.2, -0.15) is 0 Å². The van der Waals surface area contributed by atoms with E-state index < -0.39 is 5.56 Å². The minimum atomic E-state index is -0.405. The summed E-state index contributed by atoms with van der Waals surface area (Å²) >= 11 is 0. The Kier molecular flexibility index (Phi) is 3.62. The molecule has 0 saturated heterocycles. The maximum Gasteiger partial charge on any atom is 0.261 e. The van der Waals surface area contributed by atoms with E-state index in [1.54, 1.807) is 25.3 Å². The maximum absolute atomic E-state index is 12.1. The topological polar surface area (TPSA) is 74.7 Å². The second kappa shape index (κ2) is 5.73. The predicted octanol–water partition coefficient (Wildman–Crippen LogP) is 2.99. The number of nitrogens with one attached hydrogen (secondary N) is 1. The van der Waals surface area contributed by atoms with Crippen molar-refractivity contribution in [1.29, 1.82) is 0 Å². The molecular weight excluding hydrogens is 280 g/mol. The molecule has 0 spiro atoms. The molecule has 3 rings (SSSR count). The summed E-state index contributed by atoms with van der Waals surface area (Å²) in [5.74, 6) is 0.509. The highest BCUT2D eigenvalue weighted by molar-refractivity contribution is 5.95. The van der Waals surface area contributed by atoms with Crippen molar-refractivity contribution in [2.24, 2.45) is 4.99 Å². The number of pyridine rings is 1. The second-order valence-corrected chi connectivity index (χ2v) is 4.72. The summed E-state index contributed by atoms with van der Waals surface area (Å²) in [6.45, 7) is 0. The molecule has 0 bridgehead atoms. The lowest BCUT2D eigenvalue weighted by Gasteiger charge is -2.06. The number of hydrogen-bond donors (Lipinski definition) is 2. The number of benzene rings is 2. The average molecular weight is 294 g/mol. The number of para-hydroxylation sites is 1. The number of aromatic amines is 1. The van der Waals surface area contributed by atoms with Crippen LogP contribution < -0.4 is 10.3 Å². The van der Waals surface area contributed by atoms with Gasteiger partial charge in [0.2, 0.25) is 0 Å². The summed E-state index contributed by atoms with van der Waals surface area (Å²) in [5.41, 5.74) is 0.939. The molecule has 3 aromatic rings. The Labute approximate surface area is 126 Å². The zero-order valence-corrected chi connectivity index (χ0v) is 11.9. The second-order valence-electron chi connectivity index (χ2n) is 4.72. The van der Waals surface area contributed by atoms with Gasteiger partial charge in [0.15, 0.2) is 0 Å². The van der Waals surface area contributed by atoms with Crippen molar-refractivity contribution < 1.29 is 9.84 Å². The van der Waals surface area contributed by atoms with Gasteiger partial charge >= 0.3 is 0 Å². The highest BCUT2D eigenvalue weighted by atomic mass is 16.5. The molecule has 0 saturated carbocycles. The van der Waals surface area contributed by atoms with E-state index in [1.807, 2.05) is 30.3 Å². The minimum Gasteiger partial charge on any atom is -0.506 e. The van der Waals surface area contributed by atoms with Crippen molar-refractivity contribution >= 4 is 22.8 Å². The van der Waals surface area contributed by atoms with Crippen molar-refractivity contribution in [3.05, 3.63) is 64.4 Å². The van der Waals surface area contributed by atoms with E-state index in [0.717, 1.165) is 0 Å². The first kappa shape index (κ1) is 13.9. The molecule has 110 valence electrons. The van der Waals surface area contributed by atoms with Crippen LogP contribution in [0.4, 0.5) is 5.69 Å². The number of aliphatic imine (C=N–C) groups is 1. The standard InChI is InChI=1S/C17H14N2O3/c1-22-12-7-8-13-15(9-12)19-17(21)14(16(13)20)10-18-11-5-3-2-4-6-11/h2-10H,1H3,(H2,19,20,21). The van der Waals surface area contributed by atoms with Crippen LogP contribution in [0.1, 0.15) is 5.56 Å². The first-order valence-electron chi connectivity index (χ1n) is 6.71. The average Bonchev–Trinajstić information content (AvgIpc) is 2.55. The minimum absolute atomic E-state index is 0.0962. The first-order valence-corrected chi connectivity index (χ1v) is 6.71. The number of fused-ring (bicyclic) bond motifs is 1. The molecule has 0 unspecified atom stereocenters. The maximum atomic E-state index is 12.1. The molecule has 0 aliphatic rings. The van der Waals surface area contributed by atoms with Crippen LogP contribution in [0.5, 0.6) is 11.5 Å². The number of nitrogens with zero attached hydrogens (tertiary/aromatic N) is 1. The van der Waals surface area contributed by atoms with Gasteiger partial charge in [-0.05, 0) is 24.3 Å².